The van der Waals surface area contributed by atoms with E-state index in [1.54, 1.807) is 0 Å². The molecule has 0 radical (unpaired) electrons. The van der Waals surface area contributed by atoms with E-state index in [2.05, 4.69) is 37.6 Å². The average Bonchev–Trinajstić information content (AvgIpc) is 2.50. The lowest BCUT2D eigenvalue weighted by molar-refractivity contribution is 0.0858. The van der Waals surface area contributed by atoms with Gasteiger partial charge in [0.05, 0.1) is 6.54 Å². The predicted octanol–water partition coefficient (Wildman–Crippen LogP) is 2.90. The highest BCUT2D eigenvalue weighted by molar-refractivity contribution is 5.97. The third kappa shape index (κ3) is 4.14. The standard InChI is InChI=1S/C18H28N2O/c1-5-20-10-8-17(9-11-20)19(4)13-18(21)16-7-6-14(2)15(3)12-16/h6-7,12,17H,5,8-11,13H2,1-4H3. The van der Waals surface area contributed by atoms with E-state index in [0.29, 0.717) is 12.6 Å². The fraction of sp³-hybridized carbons (Fsp3) is 0.611. The number of aryl methyl sites for hydroxylation is 2. The van der Waals surface area contributed by atoms with Crippen LogP contribution in [0.5, 0.6) is 0 Å². The van der Waals surface area contributed by atoms with E-state index in [0.717, 1.165) is 25.2 Å². The second-order valence-electron chi connectivity index (χ2n) is 6.30. The minimum Gasteiger partial charge on any atom is -0.303 e. The van der Waals surface area contributed by atoms with E-state index in [9.17, 15) is 4.79 Å². The van der Waals surface area contributed by atoms with Gasteiger partial charge in [0.15, 0.2) is 5.78 Å². The monoisotopic (exact) mass is 288 g/mol. The molecular weight excluding hydrogens is 260 g/mol. The number of piperidine rings is 1. The van der Waals surface area contributed by atoms with Gasteiger partial charge in [0.2, 0.25) is 0 Å². The van der Waals surface area contributed by atoms with E-state index in [-0.39, 0.29) is 5.78 Å². The van der Waals surface area contributed by atoms with Crippen molar-refractivity contribution in [3.63, 3.8) is 0 Å². The fourth-order valence-electron chi connectivity index (χ4n) is 3.04. The molecule has 21 heavy (non-hydrogen) atoms. The molecule has 1 aliphatic heterocycles. The van der Waals surface area contributed by atoms with Crippen LogP contribution in [-0.4, -0.2) is 54.9 Å². The van der Waals surface area contributed by atoms with Gasteiger partial charge in [0, 0.05) is 11.6 Å². The highest BCUT2D eigenvalue weighted by Crippen LogP contribution is 2.16. The summed E-state index contributed by atoms with van der Waals surface area (Å²) >= 11 is 0. The summed E-state index contributed by atoms with van der Waals surface area (Å²) in [5, 5.41) is 0. The van der Waals surface area contributed by atoms with Gasteiger partial charge in [-0.15, -0.1) is 0 Å². The molecule has 3 heteroatoms. The molecule has 1 saturated heterocycles. The van der Waals surface area contributed by atoms with Gasteiger partial charge in [0.25, 0.3) is 0 Å². The van der Waals surface area contributed by atoms with Crippen LogP contribution in [-0.2, 0) is 0 Å². The molecule has 1 aromatic rings. The van der Waals surface area contributed by atoms with Crippen LogP contribution in [0.25, 0.3) is 0 Å². The van der Waals surface area contributed by atoms with E-state index in [1.165, 1.54) is 24.0 Å². The SMILES string of the molecule is CCN1CCC(N(C)CC(=O)c2ccc(C)c(C)c2)CC1. The Morgan fingerprint density at radius 3 is 2.48 bits per heavy atom. The molecule has 0 saturated carbocycles. The number of carbonyl (C=O) groups is 1. The second kappa shape index (κ2) is 7.19. The van der Waals surface area contributed by atoms with Crippen LogP contribution in [0.2, 0.25) is 0 Å². The smallest absolute Gasteiger partial charge is 0.176 e. The second-order valence-corrected chi connectivity index (χ2v) is 6.30. The van der Waals surface area contributed by atoms with Crippen molar-refractivity contribution in [3.05, 3.63) is 34.9 Å². The molecule has 1 fully saturated rings. The Morgan fingerprint density at radius 2 is 1.90 bits per heavy atom. The molecule has 1 aliphatic rings. The number of rotatable bonds is 5. The van der Waals surface area contributed by atoms with Crippen LogP contribution < -0.4 is 0 Å². The van der Waals surface area contributed by atoms with Gasteiger partial charge in [-0.25, -0.2) is 0 Å². The Labute approximate surface area is 128 Å². The molecule has 0 N–H and O–H groups in total. The predicted molar refractivity (Wildman–Crippen MR) is 88.0 cm³/mol. The van der Waals surface area contributed by atoms with Crippen molar-refractivity contribution in [2.24, 2.45) is 0 Å². The summed E-state index contributed by atoms with van der Waals surface area (Å²) in [5.41, 5.74) is 3.28. The molecule has 0 spiro atoms. The molecule has 0 amide bonds. The molecule has 0 unspecified atom stereocenters. The Kier molecular flexibility index (Phi) is 5.54. The zero-order valence-electron chi connectivity index (χ0n) is 13.9. The summed E-state index contributed by atoms with van der Waals surface area (Å²) in [7, 11) is 2.09. The third-order valence-electron chi connectivity index (χ3n) is 4.85. The third-order valence-corrected chi connectivity index (χ3v) is 4.85. The number of hydrogen-bond donors (Lipinski definition) is 0. The Balaban J connectivity index is 1.91. The summed E-state index contributed by atoms with van der Waals surface area (Å²) in [5.74, 6) is 0.235. The quantitative estimate of drug-likeness (QED) is 0.778. The van der Waals surface area contributed by atoms with Crippen molar-refractivity contribution in [1.29, 1.82) is 0 Å². The van der Waals surface area contributed by atoms with Crippen molar-refractivity contribution >= 4 is 5.78 Å². The first kappa shape index (κ1) is 16.2. The Morgan fingerprint density at radius 1 is 1.24 bits per heavy atom. The van der Waals surface area contributed by atoms with E-state index >= 15 is 0 Å². The maximum absolute atomic E-state index is 12.4. The van der Waals surface area contributed by atoms with Crippen LogP contribution in [0.1, 0.15) is 41.3 Å². The van der Waals surface area contributed by atoms with Crippen LogP contribution in [0.15, 0.2) is 18.2 Å². The van der Waals surface area contributed by atoms with Crippen molar-refractivity contribution in [1.82, 2.24) is 9.80 Å². The highest BCUT2D eigenvalue weighted by atomic mass is 16.1. The molecule has 1 aromatic carbocycles. The topological polar surface area (TPSA) is 23.6 Å². The fourth-order valence-corrected chi connectivity index (χ4v) is 3.04. The lowest BCUT2D eigenvalue weighted by atomic mass is 10.0. The van der Waals surface area contributed by atoms with Crippen molar-refractivity contribution in [3.8, 4) is 0 Å². The molecule has 2 rings (SSSR count). The lowest BCUT2D eigenvalue weighted by Gasteiger charge is -2.36. The molecule has 3 nitrogen and oxygen atoms in total. The van der Waals surface area contributed by atoms with Crippen molar-refractivity contribution in [2.45, 2.75) is 39.7 Å². The van der Waals surface area contributed by atoms with Gasteiger partial charge in [-0.05, 0) is 70.6 Å². The maximum Gasteiger partial charge on any atom is 0.176 e. The highest BCUT2D eigenvalue weighted by Gasteiger charge is 2.23. The lowest BCUT2D eigenvalue weighted by Crippen LogP contribution is -2.44. The first-order valence-corrected chi connectivity index (χ1v) is 8.04. The van der Waals surface area contributed by atoms with Crippen molar-refractivity contribution in [2.75, 3.05) is 33.2 Å². The summed E-state index contributed by atoms with van der Waals surface area (Å²) in [6, 6.07) is 6.56. The van der Waals surface area contributed by atoms with Crippen molar-refractivity contribution < 1.29 is 4.79 Å². The maximum atomic E-state index is 12.4. The molecule has 0 bridgehead atoms. The first-order chi connectivity index (χ1) is 10.0. The van der Waals surface area contributed by atoms with Crippen LogP contribution in [0, 0.1) is 13.8 Å². The van der Waals surface area contributed by atoms with Gasteiger partial charge in [-0.2, -0.15) is 0 Å². The zero-order valence-corrected chi connectivity index (χ0v) is 13.9. The normalized spacial score (nSPS) is 17.4. The number of nitrogens with zero attached hydrogens (tertiary/aromatic N) is 2. The number of ketones is 1. The summed E-state index contributed by atoms with van der Waals surface area (Å²) in [4.78, 5) is 17.2. The van der Waals surface area contributed by atoms with E-state index in [4.69, 9.17) is 0 Å². The van der Waals surface area contributed by atoms with Gasteiger partial charge in [-0.1, -0.05) is 19.1 Å². The van der Waals surface area contributed by atoms with Crippen LogP contribution >= 0.6 is 0 Å². The van der Waals surface area contributed by atoms with E-state index < -0.39 is 0 Å². The molecule has 116 valence electrons. The zero-order chi connectivity index (χ0) is 15.4. The Hall–Kier alpha value is -1.19. The largest absolute Gasteiger partial charge is 0.303 e. The average molecular weight is 288 g/mol. The minimum absolute atomic E-state index is 0.235. The first-order valence-electron chi connectivity index (χ1n) is 8.04. The Bertz CT molecular complexity index is 490. The van der Waals surface area contributed by atoms with Gasteiger partial charge in [-0.3, -0.25) is 9.69 Å². The summed E-state index contributed by atoms with van der Waals surface area (Å²) in [6.45, 7) is 10.3. The molecule has 0 aliphatic carbocycles. The number of likely N-dealkylation sites (tertiary alicyclic amines) is 1. The number of hydrogen-bond acceptors (Lipinski definition) is 3. The molecule has 1 heterocycles. The number of likely N-dealkylation sites (N-methyl/N-ethyl adjacent to an activating group) is 1. The summed E-state index contributed by atoms with van der Waals surface area (Å²) in [6.07, 6.45) is 2.34. The van der Waals surface area contributed by atoms with E-state index in [1.807, 2.05) is 18.2 Å². The number of carbonyl (C=O) groups excluding carboxylic acids is 1. The number of Topliss-reactive ketones (excluding diaryl/α,β-unsaturated/α-hetero) is 1. The molecule has 0 aromatic heterocycles. The molecule has 0 atom stereocenters. The van der Waals surface area contributed by atoms with Gasteiger partial charge < -0.3 is 4.90 Å². The van der Waals surface area contributed by atoms with Crippen LogP contribution in [0.4, 0.5) is 0 Å². The molecular formula is C18H28N2O. The van der Waals surface area contributed by atoms with Crippen LogP contribution in [0.3, 0.4) is 0 Å². The summed E-state index contributed by atoms with van der Waals surface area (Å²) < 4.78 is 0. The van der Waals surface area contributed by atoms with Gasteiger partial charge in [0.1, 0.15) is 0 Å². The minimum atomic E-state index is 0.235. The number of benzene rings is 1. The van der Waals surface area contributed by atoms with Gasteiger partial charge >= 0.3 is 0 Å².